The molecule has 1 spiro atoms. The third kappa shape index (κ3) is 3.38. The van der Waals surface area contributed by atoms with Crippen molar-refractivity contribution in [1.82, 2.24) is 20.2 Å². The van der Waals surface area contributed by atoms with Gasteiger partial charge in [0.25, 0.3) is 5.91 Å². The Bertz CT molecular complexity index is 942. The molecule has 0 bridgehead atoms. The van der Waals surface area contributed by atoms with Gasteiger partial charge in [0.15, 0.2) is 0 Å². The van der Waals surface area contributed by atoms with Gasteiger partial charge in [0.2, 0.25) is 5.91 Å². The van der Waals surface area contributed by atoms with E-state index >= 15 is 0 Å². The van der Waals surface area contributed by atoms with Crippen molar-refractivity contribution in [2.24, 2.45) is 11.3 Å². The summed E-state index contributed by atoms with van der Waals surface area (Å²) < 4.78 is 0. The Kier molecular flexibility index (Phi) is 4.80. The van der Waals surface area contributed by atoms with Crippen LogP contribution in [0, 0.1) is 11.3 Å². The van der Waals surface area contributed by atoms with E-state index in [4.69, 9.17) is 4.98 Å². The molecule has 3 aliphatic rings. The molecule has 1 N–H and O–H groups in total. The molecule has 2 aromatic rings. The number of aromatic nitrogens is 2. The fraction of sp³-hybridized carbons (Fsp3) is 0.500. The van der Waals surface area contributed by atoms with E-state index in [1.165, 1.54) is 19.3 Å². The van der Waals surface area contributed by atoms with Crippen molar-refractivity contribution in [3.63, 3.8) is 0 Å². The van der Waals surface area contributed by atoms with E-state index in [0.717, 1.165) is 49.2 Å². The lowest BCUT2D eigenvalue weighted by atomic mass is 9.79. The zero-order valence-electron chi connectivity index (χ0n) is 17.4. The molecule has 30 heavy (non-hydrogen) atoms. The van der Waals surface area contributed by atoms with Crippen LogP contribution in [0.4, 0.5) is 0 Å². The average molecular weight is 405 g/mol. The lowest BCUT2D eigenvalue weighted by Gasteiger charge is -2.34. The standard InChI is InChI=1S/C24H28N4O2/c1-25-22(29)21-6-4-18(15-27-21)17-3-5-20(26-14-17)16-7-11-28(12-8-16)23(30)19-13-24(19)9-2-10-24/h3-6,14-16,19H,2,7-13H2,1H3,(H,25,29)/t19-/m1/s1. The molecule has 2 aromatic heterocycles. The SMILES string of the molecule is CNC(=O)c1ccc(-c2ccc(C3CCN(C(=O)[C@H]4CC45CCC5)CC3)nc2)cn1. The molecular formula is C24H28N4O2. The van der Waals surface area contributed by atoms with Gasteiger partial charge in [0.1, 0.15) is 5.69 Å². The Labute approximate surface area is 177 Å². The number of nitrogens with one attached hydrogen (secondary N) is 1. The quantitative estimate of drug-likeness (QED) is 0.847. The van der Waals surface area contributed by atoms with Crippen LogP contribution in [0.25, 0.3) is 11.1 Å². The first-order chi connectivity index (χ1) is 14.6. The van der Waals surface area contributed by atoms with Crippen molar-refractivity contribution in [3.05, 3.63) is 48.0 Å². The fourth-order valence-corrected chi connectivity index (χ4v) is 5.14. The van der Waals surface area contributed by atoms with Gasteiger partial charge in [0, 0.05) is 61.2 Å². The van der Waals surface area contributed by atoms with E-state index in [0.29, 0.717) is 28.9 Å². The van der Waals surface area contributed by atoms with E-state index in [2.05, 4.69) is 27.3 Å². The summed E-state index contributed by atoms with van der Waals surface area (Å²) in [4.78, 5) is 35.4. The summed E-state index contributed by atoms with van der Waals surface area (Å²) in [6.45, 7) is 1.70. The third-order valence-corrected chi connectivity index (χ3v) is 7.40. The van der Waals surface area contributed by atoms with Crippen molar-refractivity contribution in [3.8, 4) is 11.1 Å². The highest BCUT2D eigenvalue weighted by molar-refractivity contribution is 5.92. The number of pyridine rings is 2. The number of hydrogen-bond acceptors (Lipinski definition) is 4. The maximum absolute atomic E-state index is 12.8. The highest BCUT2D eigenvalue weighted by atomic mass is 16.2. The second-order valence-corrected chi connectivity index (χ2v) is 9.06. The van der Waals surface area contributed by atoms with Gasteiger partial charge < -0.3 is 10.2 Å². The summed E-state index contributed by atoms with van der Waals surface area (Å²) in [6.07, 6.45) is 10.5. The minimum atomic E-state index is -0.190. The van der Waals surface area contributed by atoms with Gasteiger partial charge in [0.05, 0.1) is 0 Å². The predicted octanol–water partition coefficient (Wildman–Crippen LogP) is 3.40. The number of hydrogen-bond donors (Lipinski definition) is 1. The molecule has 3 fully saturated rings. The Morgan fingerprint density at radius 2 is 1.73 bits per heavy atom. The molecule has 1 atom stereocenters. The van der Waals surface area contributed by atoms with Gasteiger partial charge >= 0.3 is 0 Å². The second-order valence-electron chi connectivity index (χ2n) is 9.06. The molecule has 6 heteroatoms. The second kappa shape index (κ2) is 7.49. The first-order valence-electron chi connectivity index (χ1n) is 11.0. The molecule has 3 heterocycles. The van der Waals surface area contributed by atoms with Gasteiger partial charge in [-0.2, -0.15) is 0 Å². The maximum atomic E-state index is 12.8. The van der Waals surface area contributed by atoms with Crippen LogP contribution < -0.4 is 5.32 Å². The average Bonchev–Trinajstić information content (AvgIpc) is 3.55. The number of nitrogens with zero attached hydrogens (tertiary/aromatic N) is 3. The molecule has 2 amide bonds. The van der Waals surface area contributed by atoms with Crippen molar-refractivity contribution in [2.45, 2.75) is 44.4 Å². The van der Waals surface area contributed by atoms with Gasteiger partial charge in [-0.25, -0.2) is 0 Å². The summed E-state index contributed by atoms with van der Waals surface area (Å²) in [5.41, 5.74) is 3.85. The van der Waals surface area contributed by atoms with Gasteiger partial charge in [-0.15, -0.1) is 0 Å². The van der Waals surface area contributed by atoms with Gasteiger partial charge in [-0.05, 0) is 49.7 Å². The normalized spacial score (nSPS) is 22.4. The Hall–Kier alpha value is -2.76. The monoisotopic (exact) mass is 404 g/mol. The first kappa shape index (κ1) is 19.2. The molecule has 6 nitrogen and oxygen atoms in total. The lowest BCUT2D eigenvalue weighted by molar-refractivity contribution is -0.135. The predicted molar refractivity (Wildman–Crippen MR) is 114 cm³/mol. The Balaban J connectivity index is 1.18. The van der Waals surface area contributed by atoms with Crippen LogP contribution in [0.15, 0.2) is 36.7 Å². The van der Waals surface area contributed by atoms with E-state index in [1.807, 2.05) is 12.3 Å². The molecule has 156 valence electrons. The van der Waals surface area contributed by atoms with E-state index < -0.39 is 0 Å². The van der Waals surface area contributed by atoms with Crippen LogP contribution in [-0.2, 0) is 4.79 Å². The number of likely N-dealkylation sites (tertiary alicyclic amines) is 1. The fourth-order valence-electron chi connectivity index (χ4n) is 5.14. The highest BCUT2D eigenvalue weighted by Crippen LogP contribution is 2.66. The number of piperidine rings is 1. The zero-order valence-corrected chi connectivity index (χ0v) is 17.4. The van der Waals surface area contributed by atoms with Crippen LogP contribution in [0.1, 0.15) is 60.6 Å². The van der Waals surface area contributed by atoms with Gasteiger partial charge in [-0.3, -0.25) is 19.6 Å². The molecular weight excluding hydrogens is 376 g/mol. The van der Waals surface area contributed by atoms with Crippen molar-refractivity contribution < 1.29 is 9.59 Å². The minimum Gasteiger partial charge on any atom is -0.354 e. The number of carbonyl (C=O) groups is 2. The summed E-state index contributed by atoms with van der Waals surface area (Å²) in [6, 6.07) is 7.78. The van der Waals surface area contributed by atoms with Crippen LogP contribution >= 0.6 is 0 Å². The van der Waals surface area contributed by atoms with Crippen LogP contribution in [0.3, 0.4) is 0 Å². The minimum absolute atomic E-state index is 0.190. The van der Waals surface area contributed by atoms with Crippen molar-refractivity contribution in [1.29, 1.82) is 0 Å². The van der Waals surface area contributed by atoms with Crippen LogP contribution in [0.2, 0.25) is 0 Å². The molecule has 0 unspecified atom stereocenters. The van der Waals surface area contributed by atoms with Crippen LogP contribution in [0.5, 0.6) is 0 Å². The first-order valence-corrected chi connectivity index (χ1v) is 11.0. The number of carbonyl (C=O) groups excluding carboxylic acids is 2. The maximum Gasteiger partial charge on any atom is 0.269 e. The van der Waals surface area contributed by atoms with E-state index in [9.17, 15) is 9.59 Å². The molecule has 1 aliphatic heterocycles. The molecule has 1 saturated heterocycles. The highest BCUT2D eigenvalue weighted by Gasteiger charge is 2.61. The third-order valence-electron chi connectivity index (χ3n) is 7.40. The smallest absolute Gasteiger partial charge is 0.269 e. The van der Waals surface area contributed by atoms with E-state index in [1.54, 1.807) is 19.3 Å². The molecule has 0 radical (unpaired) electrons. The van der Waals surface area contributed by atoms with E-state index in [-0.39, 0.29) is 5.91 Å². The van der Waals surface area contributed by atoms with Crippen LogP contribution in [-0.4, -0.2) is 46.8 Å². The number of rotatable bonds is 4. The summed E-state index contributed by atoms with van der Waals surface area (Å²) in [7, 11) is 1.59. The zero-order chi connectivity index (χ0) is 20.7. The largest absolute Gasteiger partial charge is 0.354 e. The summed E-state index contributed by atoms with van der Waals surface area (Å²) in [5, 5.41) is 2.58. The number of amides is 2. The Morgan fingerprint density at radius 1 is 1.03 bits per heavy atom. The topological polar surface area (TPSA) is 75.2 Å². The van der Waals surface area contributed by atoms with Gasteiger partial charge in [-0.1, -0.05) is 18.6 Å². The summed E-state index contributed by atoms with van der Waals surface area (Å²) in [5.74, 6) is 0.950. The molecule has 5 rings (SSSR count). The molecule has 2 aliphatic carbocycles. The molecule has 2 saturated carbocycles. The van der Waals surface area contributed by atoms with Crippen molar-refractivity contribution >= 4 is 11.8 Å². The lowest BCUT2D eigenvalue weighted by Crippen LogP contribution is -2.40. The molecule has 0 aromatic carbocycles. The van der Waals surface area contributed by atoms with Crippen molar-refractivity contribution in [2.75, 3.05) is 20.1 Å². The Morgan fingerprint density at radius 3 is 2.23 bits per heavy atom. The summed E-state index contributed by atoms with van der Waals surface area (Å²) >= 11 is 0.